The number of aryl methyl sites for hydroxylation is 1. The highest BCUT2D eigenvalue weighted by Gasteiger charge is 2.34. The highest BCUT2D eigenvalue weighted by Crippen LogP contribution is 2.22. The maximum absolute atomic E-state index is 12.7. The molecule has 0 bridgehead atoms. The van der Waals surface area contributed by atoms with Gasteiger partial charge in [0.15, 0.2) is 0 Å². The standard InChI is InChI=1S/C23H32ClN3O6/c1-4-15-9-7-10-16(21(15)24)22(30)25-13-18(28)27-12-8-11-17(27)23(31)26-14-20(32-6-3)33-19(29)5-2/h7,9-10,17,20H,4-6,8,11-14H2,1-3H3,(H,25,30)(H,26,31)/t17-,20+/m0/s1. The van der Waals surface area contributed by atoms with Gasteiger partial charge in [0.2, 0.25) is 18.1 Å². The summed E-state index contributed by atoms with van der Waals surface area (Å²) in [5.41, 5.74) is 1.16. The van der Waals surface area contributed by atoms with Crippen molar-refractivity contribution in [2.24, 2.45) is 0 Å². The molecule has 1 fully saturated rings. The Morgan fingerprint density at radius 1 is 1.18 bits per heavy atom. The smallest absolute Gasteiger partial charge is 0.307 e. The van der Waals surface area contributed by atoms with Crippen LogP contribution in [0.1, 0.15) is 56.0 Å². The average molecular weight is 482 g/mol. The van der Waals surface area contributed by atoms with Crippen LogP contribution in [0.25, 0.3) is 0 Å². The van der Waals surface area contributed by atoms with Gasteiger partial charge in [0.1, 0.15) is 6.04 Å². The maximum atomic E-state index is 12.7. The van der Waals surface area contributed by atoms with E-state index >= 15 is 0 Å². The molecule has 0 aromatic heterocycles. The Morgan fingerprint density at radius 2 is 1.94 bits per heavy atom. The van der Waals surface area contributed by atoms with E-state index in [9.17, 15) is 19.2 Å². The first-order valence-corrected chi connectivity index (χ1v) is 11.6. The van der Waals surface area contributed by atoms with Gasteiger partial charge in [-0.3, -0.25) is 19.2 Å². The summed E-state index contributed by atoms with van der Waals surface area (Å²) in [6.07, 6.45) is 1.17. The topological polar surface area (TPSA) is 114 Å². The summed E-state index contributed by atoms with van der Waals surface area (Å²) in [4.78, 5) is 50.9. The van der Waals surface area contributed by atoms with Crippen LogP contribution in [-0.2, 0) is 30.3 Å². The van der Waals surface area contributed by atoms with Crippen molar-refractivity contribution < 1.29 is 28.7 Å². The highest BCUT2D eigenvalue weighted by atomic mass is 35.5. The van der Waals surface area contributed by atoms with Crippen LogP contribution >= 0.6 is 11.6 Å². The molecule has 2 N–H and O–H groups in total. The number of rotatable bonds is 11. The maximum Gasteiger partial charge on any atom is 0.307 e. The number of nitrogens with one attached hydrogen (secondary N) is 2. The second-order valence-electron chi connectivity index (χ2n) is 7.53. The molecule has 1 aliphatic rings. The number of amides is 3. The van der Waals surface area contributed by atoms with Crippen molar-refractivity contribution in [2.75, 3.05) is 26.2 Å². The zero-order valence-electron chi connectivity index (χ0n) is 19.3. The number of hydrogen-bond donors (Lipinski definition) is 2. The molecule has 33 heavy (non-hydrogen) atoms. The predicted octanol–water partition coefficient (Wildman–Crippen LogP) is 2.06. The number of nitrogens with zero attached hydrogens (tertiary/aromatic N) is 1. The number of carbonyl (C=O) groups excluding carboxylic acids is 4. The molecule has 9 nitrogen and oxygen atoms in total. The minimum absolute atomic E-state index is 0.0139. The van der Waals surface area contributed by atoms with E-state index in [1.54, 1.807) is 26.0 Å². The lowest BCUT2D eigenvalue weighted by Gasteiger charge is -2.25. The second kappa shape index (κ2) is 13.2. The molecule has 1 saturated heterocycles. The van der Waals surface area contributed by atoms with Crippen LogP contribution in [0.2, 0.25) is 5.02 Å². The van der Waals surface area contributed by atoms with Gasteiger partial charge in [-0.2, -0.15) is 0 Å². The van der Waals surface area contributed by atoms with Crippen LogP contribution < -0.4 is 10.6 Å². The number of carbonyl (C=O) groups is 4. The van der Waals surface area contributed by atoms with E-state index < -0.39 is 24.2 Å². The van der Waals surface area contributed by atoms with Crippen LogP contribution in [0.5, 0.6) is 0 Å². The van der Waals surface area contributed by atoms with Gasteiger partial charge in [-0.1, -0.05) is 37.6 Å². The molecule has 0 aliphatic carbocycles. The third kappa shape index (κ3) is 7.43. The fourth-order valence-corrected chi connectivity index (χ4v) is 3.92. The molecule has 0 radical (unpaired) electrons. The van der Waals surface area contributed by atoms with Gasteiger partial charge in [0.25, 0.3) is 5.91 Å². The summed E-state index contributed by atoms with van der Waals surface area (Å²) in [5, 5.41) is 5.66. The van der Waals surface area contributed by atoms with Gasteiger partial charge in [0, 0.05) is 19.6 Å². The lowest BCUT2D eigenvalue weighted by molar-refractivity contribution is -0.177. The first-order valence-electron chi connectivity index (χ1n) is 11.3. The molecule has 2 atom stereocenters. The van der Waals surface area contributed by atoms with Crippen molar-refractivity contribution in [3.05, 3.63) is 34.3 Å². The van der Waals surface area contributed by atoms with Gasteiger partial charge in [0.05, 0.1) is 23.7 Å². The molecule has 10 heteroatoms. The summed E-state index contributed by atoms with van der Waals surface area (Å²) in [7, 11) is 0. The van der Waals surface area contributed by atoms with Gasteiger partial charge in [-0.05, 0) is 37.8 Å². The molecule has 1 aliphatic heterocycles. The SMILES string of the molecule is CCO[C@@H](CNC(=O)[C@@H]1CCCN1C(=O)CNC(=O)c1cccc(CC)c1Cl)OC(=O)CC. The van der Waals surface area contributed by atoms with Gasteiger partial charge >= 0.3 is 5.97 Å². The summed E-state index contributed by atoms with van der Waals surface area (Å²) in [5.74, 6) is -1.59. The monoisotopic (exact) mass is 481 g/mol. The molecule has 182 valence electrons. The zero-order chi connectivity index (χ0) is 24.4. The molecule has 0 unspecified atom stereocenters. The van der Waals surface area contributed by atoms with Gasteiger partial charge in [-0.15, -0.1) is 0 Å². The van der Waals surface area contributed by atoms with Crippen LogP contribution in [-0.4, -0.2) is 67.2 Å². The van der Waals surface area contributed by atoms with Gasteiger partial charge in [-0.25, -0.2) is 0 Å². The second-order valence-corrected chi connectivity index (χ2v) is 7.91. The van der Waals surface area contributed by atoms with E-state index in [0.717, 1.165) is 5.56 Å². The Hall–Kier alpha value is -2.65. The van der Waals surface area contributed by atoms with Crippen LogP contribution in [0.3, 0.4) is 0 Å². The van der Waals surface area contributed by atoms with Crippen molar-refractivity contribution in [1.29, 1.82) is 0 Å². The number of hydrogen-bond acceptors (Lipinski definition) is 6. The zero-order valence-corrected chi connectivity index (χ0v) is 20.1. The van der Waals surface area contributed by atoms with Crippen molar-refractivity contribution in [3.8, 4) is 0 Å². The number of benzene rings is 1. The first kappa shape index (κ1) is 26.6. The summed E-state index contributed by atoms with van der Waals surface area (Å²) < 4.78 is 10.5. The largest absolute Gasteiger partial charge is 0.434 e. The molecular weight excluding hydrogens is 450 g/mol. The lowest BCUT2D eigenvalue weighted by atomic mass is 10.1. The van der Waals surface area contributed by atoms with E-state index in [1.165, 1.54) is 4.90 Å². The van der Waals surface area contributed by atoms with Gasteiger partial charge < -0.3 is 25.0 Å². The van der Waals surface area contributed by atoms with E-state index in [-0.39, 0.29) is 31.3 Å². The van der Waals surface area contributed by atoms with Crippen molar-refractivity contribution in [2.45, 2.75) is 58.8 Å². The van der Waals surface area contributed by atoms with Crippen LogP contribution in [0.4, 0.5) is 0 Å². The number of likely N-dealkylation sites (tertiary alicyclic amines) is 1. The van der Waals surface area contributed by atoms with Crippen LogP contribution in [0.15, 0.2) is 18.2 Å². The highest BCUT2D eigenvalue weighted by molar-refractivity contribution is 6.34. The average Bonchev–Trinajstić information content (AvgIpc) is 3.31. The Bertz CT molecular complexity index is 863. The molecular formula is C23H32ClN3O6. The molecule has 3 amide bonds. The molecule has 1 heterocycles. The third-order valence-electron chi connectivity index (χ3n) is 5.33. The Balaban J connectivity index is 1.91. The quantitative estimate of drug-likeness (QED) is 0.369. The minimum atomic E-state index is -0.889. The van der Waals surface area contributed by atoms with E-state index in [1.807, 2.05) is 13.0 Å². The fraction of sp³-hybridized carbons (Fsp3) is 0.565. The van der Waals surface area contributed by atoms with Crippen molar-refractivity contribution in [1.82, 2.24) is 15.5 Å². The first-order chi connectivity index (χ1) is 15.8. The normalized spacial score (nSPS) is 16.2. The summed E-state index contributed by atoms with van der Waals surface area (Å²) >= 11 is 6.28. The Labute approximate surface area is 199 Å². The molecule has 0 saturated carbocycles. The van der Waals surface area contributed by atoms with E-state index in [4.69, 9.17) is 21.1 Å². The van der Waals surface area contributed by atoms with E-state index in [0.29, 0.717) is 43.0 Å². The predicted molar refractivity (Wildman–Crippen MR) is 123 cm³/mol. The number of esters is 1. The fourth-order valence-electron chi connectivity index (χ4n) is 3.57. The molecule has 1 aromatic carbocycles. The molecule has 1 aromatic rings. The lowest BCUT2D eigenvalue weighted by Crippen LogP contribution is -2.50. The summed E-state index contributed by atoms with van der Waals surface area (Å²) in [6.45, 7) is 5.83. The summed E-state index contributed by atoms with van der Waals surface area (Å²) in [6, 6.07) is 4.53. The van der Waals surface area contributed by atoms with Crippen LogP contribution in [0, 0.1) is 0 Å². The third-order valence-corrected chi connectivity index (χ3v) is 5.77. The van der Waals surface area contributed by atoms with E-state index in [2.05, 4.69) is 10.6 Å². The van der Waals surface area contributed by atoms with Crippen molar-refractivity contribution in [3.63, 3.8) is 0 Å². The number of ether oxygens (including phenoxy) is 2. The molecule has 0 spiro atoms. The van der Waals surface area contributed by atoms with Crippen molar-refractivity contribution >= 4 is 35.3 Å². The Morgan fingerprint density at radius 3 is 2.61 bits per heavy atom. The molecule has 2 rings (SSSR count). The minimum Gasteiger partial charge on any atom is -0.434 e. The Kier molecular flexibility index (Phi) is 10.6. The number of halogens is 1.